The lowest BCUT2D eigenvalue weighted by Crippen LogP contribution is -2.40. The number of benzene rings is 1. The Bertz CT molecular complexity index is 705. The smallest absolute Gasteiger partial charge is 0.242 e. The van der Waals surface area contributed by atoms with Gasteiger partial charge in [0.25, 0.3) is 0 Å². The Kier molecular flexibility index (Phi) is 3.10. The van der Waals surface area contributed by atoms with Gasteiger partial charge in [0.05, 0.1) is 24.3 Å². The Morgan fingerprint density at radius 3 is 2.90 bits per heavy atom. The molecule has 1 saturated carbocycles. The molecule has 1 aliphatic carbocycles. The fraction of sp³-hybridized carbons (Fsp3) is 0.375. The normalized spacial score (nSPS) is 18.0. The first-order valence-corrected chi connectivity index (χ1v) is 8.08. The second-order valence-corrected chi connectivity index (χ2v) is 6.81. The molecule has 0 bridgehead atoms. The van der Waals surface area contributed by atoms with E-state index in [9.17, 15) is 4.79 Å². The molecule has 2 aliphatic rings. The number of hydrogen-bond acceptors (Lipinski definition) is 2. The molecule has 1 aromatic heterocycles. The van der Waals surface area contributed by atoms with Gasteiger partial charge < -0.3 is 9.47 Å². The number of fused-ring (bicyclic) bond motifs is 1. The van der Waals surface area contributed by atoms with Crippen LogP contribution in [0.4, 0.5) is 0 Å². The van der Waals surface area contributed by atoms with Gasteiger partial charge in [-0.25, -0.2) is 4.98 Å². The van der Waals surface area contributed by atoms with E-state index in [1.54, 1.807) is 6.33 Å². The molecule has 2 heterocycles. The predicted molar refractivity (Wildman–Crippen MR) is 83.5 cm³/mol. The molecule has 0 N–H and O–H groups in total. The molecule has 1 fully saturated rings. The molecule has 108 valence electrons. The van der Waals surface area contributed by atoms with E-state index in [1.165, 1.54) is 12.8 Å². The lowest BCUT2D eigenvalue weighted by Gasteiger charge is -2.28. The van der Waals surface area contributed by atoms with Crippen LogP contribution in [0.3, 0.4) is 0 Å². The highest BCUT2D eigenvalue weighted by Gasteiger charge is 2.31. The van der Waals surface area contributed by atoms with Gasteiger partial charge in [-0.05, 0) is 30.9 Å². The van der Waals surface area contributed by atoms with Crippen LogP contribution < -0.4 is 0 Å². The van der Waals surface area contributed by atoms with Crippen LogP contribution in [0.1, 0.15) is 18.5 Å². The molecule has 5 heteroatoms. The minimum atomic E-state index is 0.215. The standard InChI is InChI=1S/C16H16BrN3O/c17-13-3-1-2-12(6-13)16-14-8-19(7-11-4-5-11)15(21)9-20(14)10-18-16/h1-3,6,10-11H,4-5,7-9H2. The molecule has 0 atom stereocenters. The van der Waals surface area contributed by atoms with E-state index in [-0.39, 0.29) is 5.91 Å². The monoisotopic (exact) mass is 345 g/mol. The molecule has 0 radical (unpaired) electrons. The Hall–Kier alpha value is -1.62. The second kappa shape index (κ2) is 4.98. The molecule has 1 aromatic carbocycles. The first kappa shape index (κ1) is 13.1. The van der Waals surface area contributed by atoms with Crippen LogP contribution in [0.2, 0.25) is 0 Å². The summed E-state index contributed by atoms with van der Waals surface area (Å²) >= 11 is 3.51. The average molecular weight is 346 g/mol. The lowest BCUT2D eigenvalue weighted by atomic mass is 10.1. The van der Waals surface area contributed by atoms with Gasteiger partial charge in [-0.15, -0.1) is 0 Å². The number of amides is 1. The van der Waals surface area contributed by atoms with Crippen molar-refractivity contribution in [2.24, 2.45) is 5.92 Å². The average Bonchev–Trinajstić information content (AvgIpc) is 3.18. The maximum atomic E-state index is 12.2. The Morgan fingerprint density at radius 2 is 2.14 bits per heavy atom. The van der Waals surface area contributed by atoms with Gasteiger partial charge in [0.1, 0.15) is 6.54 Å². The van der Waals surface area contributed by atoms with Crippen molar-refractivity contribution in [2.75, 3.05) is 6.54 Å². The van der Waals surface area contributed by atoms with Gasteiger partial charge in [0.2, 0.25) is 5.91 Å². The quantitative estimate of drug-likeness (QED) is 0.857. The summed E-state index contributed by atoms with van der Waals surface area (Å²) < 4.78 is 3.03. The van der Waals surface area contributed by atoms with E-state index in [0.29, 0.717) is 13.1 Å². The van der Waals surface area contributed by atoms with Crippen molar-refractivity contribution in [2.45, 2.75) is 25.9 Å². The largest absolute Gasteiger partial charge is 0.335 e. The fourth-order valence-electron chi connectivity index (χ4n) is 2.88. The van der Waals surface area contributed by atoms with E-state index >= 15 is 0 Å². The molecule has 4 nitrogen and oxygen atoms in total. The summed E-state index contributed by atoms with van der Waals surface area (Å²) in [5.41, 5.74) is 3.23. The zero-order chi connectivity index (χ0) is 14.4. The van der Waals surface area contributed by atoms with Crippen molar-refractivity contribution in [1.82, 2.24) is 14.5 Å². The topological polar surface area (TPSA) is 38.1 Å². The summed E-state index contributed by atoms with van der Waals surface area (Å²) in [5.74, 6) is 0.935. The Labute approximate surface area is 131 Å². The minimum Gasteiger partial charge on any atom is -0.335 e. The summed E-state index contributed by atoms with van der Waals surface area (Å²) in [6.07, 6.45) is 4.32. The maximum Gasteiger partial charge on any atom is 0.242 e. The Balaban J connectivity index is 1.68. The van der Waals surface area contributed by atoms with Crippen molar-refractivity contribution < 1.29 is 4.79 Å². The number of nitrogens with zero attached hydrogens (tertiary/aromatic N) is 3. The molecule has 1 amide bonds. The highest BCUT2D eigenvalue weighted by atomic mass is 79.9. The summed E-state index contributed by atoms with van der Waals surface area (Å²) in [4.78, 5) is 18.7. The molecular weight excluding hydrogens is 330 g/mol. The van der Waals surface area contributed by atoms with Gasteiger partial charge in [-0.2, -0.15) is 0 Å². The summed E-state index contributed by atoms with van der Waals surface area (Å²) in [5, 5.41) is 0. The molecule has 0 saturated heterocycles. The zero-order valence-electron chi connectivity index (χ0n) is 11.6. The molecule has 4 rings (SSSR count). The second-order valence-electron chi connectivity index (χ2n) is 5.90. The third-order valence-electron chi connectivity index (χ3n) is 4.22. The fourth-order valence-corrected chi connectivity index (χ4v) is 3.28. The zero-order valence-corrected chi connectivity index (χ0v) is 13.2. The number of hydrogen-bond donors (Lipinski definition) is 0. The van der Waals surface area contributed by atoms with Crippen molar-refractivity contribution >= 4 is 21.8 Å². The van der Waals surface area contributed by atoms with E-state index in [0.717, 1.165) is 33.9 Å². The summed E-state index contributed by atoms with van der Waals surface area (Å²) in [6.45, 7) is 2.00. The number of rotatable bonds is 3. The SMILES string of the molecule is O=C1Cn2cnc(-c3cccc(Br)c3)c2CN1CC1CC1. The first-order valence-electron chi connectivity index (χ1n) is 7.28. The van der Waals surface area contributed by atoms with Crippen molar-refractivity contribution in [3.63, 3.8) is 0 Å². The Morgan fingerprint density at radius 1 is 1.29 bits per heavy atom. The predicted octanol–water partition coefficient (Wildman–Crippen LogP) is 3.06. The van der Waals surface area contributed by atoms with Crippen LogP contribution in [-0.2, 0) is 17.9 Å². The molecule has 2 aromatic rings. The van der Waals surface area contributed by atoms with Crippen LogP contribution in [-0.4, -0.2) is 26.9 Å². The third kappa shape index (κ3) is 2.50. The summed E-state index contributed by atoms with van der Waals surface area (Å²) in [7, 11) is 0. The third-order valence-corrected chi connectivity index (χ3v) is 4.71. The molecule has 0 spiro atoms. The highest BCUT2D eigenvalue weighted by Crippen LogP contribution is 2.33. The van der Waals surface area contributed by atoms with Crippen LogP contribution in [0.25, 0.3) is 11.3 Å². The van der Waals surface area contributed by atoms with Crippen LogP contribution in [0, 0.1) is 5.92 Å². The van der Waals surface area contributed by atoms with Gasteiger partial charge in [-0.3, -0.25) is 4.79 Å². The van der Waals surface area contributed by atoms with E-state index in [2.05, 4.69) is 33.0 Å². The van der Waals surface area contributed by atoms with Gasteiger partial charge >= 0.3 is 0 Å². The number of imidazole rings is 1. The van der Waals surface area contributed by atoms with E-state index in [1.807, 2.05) is 21.6 Å². The number of carbonyl (C=O) groups is 1. The summed E-state index contributed by atoms with van der Waals surface area (Å²) in [6, 6.07) is 8.16. The minimum absolute atomic E-state index is 0.215. The number of halogens is 1. The van der Waals surface area contributed by atoms with Gasteiger partial charge in [0, 0.05) is 16.6 Å². The van der Waals surface area contributed by atoms with Crippen LogP contribution >= 0.6 is 15.9 Å². The molecule has 0 unspecified atom stereocenters. The highest BCUT2D eigenvalue weighted by molar-refractivity contribution is 9.10. The van der Waals surface area contributed by atoms with E-state index in [4.69, 9.17) is 0 Å². The number of carbonyl (C=O) groups excluding carboxylic acids is 1. The maximum absolute atomic E-state index is 12.2. The van der Waals surface area contributed by atoms with Gasteiger partial charge in [-0.1, -0.05) is 28.1 Å². The molecular formula is C16H16BrN3O. The van der Waals surface area contributed by atoms with Crippen LogP contribution in [0.5, 0.6) is 0 Å². The van der Waals surface area contributed by atoms with Crippen molar-refractivity contribution in [1.29, 1.82) is 0 Å². The van der Waals surface area contributed by atoms with Gasteiger partial charge in [0.15, 0.2) is 0 Å². The van der Waals surface area contributed by atoms with Crippen LogP contribution in [0.15, 0.2) is 35.1 Å². The molecule has 21 heavy (non-hydrogen) atoms. The van der Waals surface area contributed by atoms with Crippen molar-refractivity contribution in [3.05, 3.63) is 40.8 Å². The first-order chi connectivity index (χ1) is 10.2. The molecule has 1 aliphatic heterocycles. The van der Waals surface area contributed by atoms with Crippen molar-refractivity contribution in [3.8, 4) is 11.3 Å². The number of aromatic nitrogens is 2. The lowest BCUT2D eigenvalue weighted by molar-refractivity contribution is -0.134. The van der Waals surface area contributed by atoms with E-state index < -0.39 is 0 Å².